The van der Waals surface area contributed by atoms with Crippen molar-refractivity contribution in [3.8, 4) is 0 Å². The Morgan fingerprint density at radius 1 is 0.619 bits per heavy atom. The largest absolute Gasteiger partial charge is 0.598 e. The fourth-order valence-electron chi connectivity index (χ4n) is 2.73. The number of unbranched alkanes of at least 4 members (excludes halogenated alkanes) is 7. The Labute approximate surface area is 133 Å². The molecule has 0 rings (SSSR count). The first-order valence-corrected chi connectivity index (χ1v) is 10.3. The molecule has 0 saturated heterocycles. The maximum atomic E-state index is 5.59. The van der Waals surface area contributed by atoms with Gasteiger partial charge in [0.2, 0.25) is 0 Å². The summed E-state index contributed by atoms with van der Waals surface area (Å²) in [4.78, 5) is 0. The minimum absolute atomic E-state index is 0.970. The quantitative estimate of drug-likeness (QED) is 0.334. The summed E-state index contributed by atoms with van der Waals surface area (Å²) in [5, 5.41) is 0. The molecule has 0 saturated carbocycles. The summed E-state index contributed by atoms with van der Waals surface area (Å²) < 4.78 is 19.1. The average molecular weight is 320 g/mol. The van der Waals surface area contributed by atoms with Crippen molar-refractivity contribution >= 4 is 8.97 Å². The van der Waals surface area contributed by atoms with Gasteiger partial charge in [0.25, 0.3) is 0 Å². The molecule has 0 aromatic heterocycles. The zero-order valence-electron chi connectivity index (χ0n) is 15.0. The third-order valence-electron chi connectivity index (χ3n) is 3.94. The molecule has 0 amide bonds. The van der Waals surface area contributed by atoms with Crippen molar-refractivity contribution in [3.05, 3.63) is 0 Å². The molecule has 0 aliphatic heterocycles. The predicted octanol–water partition coefficient (Wildman–Crippen LogP) is 4.21. The molecule has 0 heterocycles. The van der Waals surface area contributed by atoms with Gasteiger partial charge in [-0.1, -0.05) is 58.8 Å². The van der Waals surface area contributed by atoms with Gasteiger partial charge in [-0.3, -0.25) is 4.57 Å². The lowest BCUT2D eigenvalue weighted by molar-refractivity contribution is 0.0565. The summed E-state index contributed by atoms with van der Waals surface area (Å²) in [7, 11) is 2.45. The van der Waals surface area contributed by atoms with Crippen LogP contribution in [0.4, 0.5) is 0 Å². The molecule has 0 bridgehead atoms. The van der Waals surface area contributed by atoms with Crippen molar-refractivity contribution in [2.75, 3.05) is 34.4 Å². The van der Waals surface area contributed by atoms with Crippen molar-refractivity contribution in [3.63, 3.8) is 0 Å². The van der Waals surface area contributed by atoms with E-state index in [4.69, 9.17) is 13.3 Å². The van der Waals surface area contributed by atoms with E-state index < -0.39 is 8.97 Å². The highest BCUT2D eigenvalue weighted by Gasteiger charge is 2.45. The normalized spacial score (nSPS) is 12.3. The van der Waals surface area contributed by atoms with Gasteiger partial charge in [-0.05, 0) is 25.9 Å². The van der Waals surface area contributed by atoms with Gasteiger partial charge in [0.1, 0.15) is 0 Å². The molecule has 128 valence electrons. The van der Waals surface area contributed by atoms with Crippen LogP contribution >= 0.6 is 0 Å². The van der Waals surface area contributed by atoms with Gasteiger partial charge in [-0.2, -0.15) is 0 Å². The van der Waals surface area contributed by atoms with E-state index in [-0.39, 0.29) is 0 Å². The lowest BCUT2D eigenvalue weighted by Gasteiger charge is -2.35. The zero-order chi connectivity index (χ0) is 16.0. The van der Waals surface area contributed by atoms with E-state index in [1.807, 2.05) is 0 Å². The first-order chi connectivity index (χ1) is 10.2. The van der Waals surface area contributed by atoms with Crippen LogP contribution < -0.4 is 0 Å². The van der Waals surface area contributed by atoms with Crippen LogP contribution in [0.15, 0.2) is 0 Å². The van der Waals surface area contributed by atoms with Gasteiger partial charge in [-0.25, -0.2) is 0 Å². The molecule has 4 nitrogen and oxygen atoms in total. The summed E-state index contributed by atoms with van der Waals surface area (Å²) >= 11 is 0. The Hall–Kier alpha value is 0.0569. The van der Waals surface area contributed by atoms with Crippen molar-refractivity contribution < 1.29 is 13.3 Å². The fourth-order valence-corrected chi connectivity index (χ4v) is 4.93. The second kappa shape index (κ2) is 13.7. The third-order valence-corrected chi connectivity index (χ3v) is 6.71. The Morgan fingerprint density at radius 2 is 1.10 bits per heavy atom. The molecule has 0 radical (unpaired) electrons. The van der Waals surface area contributed by atoms with Crippen molar-refractivity contribution in [2.45, 2.75) is 71.6 Å². The first-order valence-electron chi connectivity index (χ1n) is 8.61. The lowest BCUT2D eigenvalue weighted by atomic mass is 10.1. The summed E-state index contributed by atoms with van der Waals surface area (Å²) in [5.74, 6) is 0. The molecular weight excluding hydrogens is 282 g/mol. The molecule has 0 unspecified atom stereocenters. The topological polar surface area (TPSA) is 30.9 Å². The lowest BCUT2D eigenvalue weighted by Crippen LogP contribution is -2.59. The molecule has 0 aromatic rings. The van der Waals surface area contributed by atoms with Crippen LogP contribution in [0.3, 0.4) is 0 Å². The van der Waals surface area contributed by atoms with Crippen LogP contribution in [0, 0.1) is 0 Å². The zero-order valence-corrected chi connectivity index (χ0v) is 16.0. The summed E-state index contributed by atoms with van der Waals surface area (Å²) in [6.07, 6.45) is 11.8. The molecule has 5 heteroatoms. The van der Waals surface area contributed by atoms with Crippen LogP contribution in [0.1, 0.15) is 71.6 Å². The van der Waals surface area contributed by atoms with Gasteiger partial charge in [0.15, 0.2) is 0 Å². The number of hydrogen-bond acceptors (Lipinski definition) is 4. The van der Waals surface area contributed by atoms with Crippen LogP contribution in [-0.2, 0) is 13.3 Å². The third kappa shape index (κ3) is 8.31. The van der Waals surface area contributed by atoms with E-state index in [1.165, 1.54) is 51.4 Å². The first kappa shape index (κ1) is 21.1. The standard InChI is InChI=1S/C16H37NO3Si/c1-6-8-9-10-11-12-13-14-16-17(15-7-2)21(18-3,19-4)20-5/h6-16H2,1-5H3. The van der Waals surface area contributed by atoms with Crippen molar-refractivity contribution in [1.82, 2.24) is 4.57 Å². The second-order valence-electron chi connectivity index (χ2n) is 5.60. The molecular formula is C16H37NO3Si. The van der Waals surface area contributed by atoms with E-state index in [2.05, 4.69) is 18.4 Å². The Kier molecular flexibility index (Phi) is 13.7. The van der Waals surface area contributed by atoms with E-state index in [1.54, 1.807) is 21.3 Å². The molecule has 0 N–H and O–H groups in total. The van der Waals surface area contributed by atoms with Crippen LogP contribution in [0.25, 0.3) is 0 Å². The fraction of sp³-hybridized carbons (Fsp3) is 1.00. The average Bonchev–Trinajstić information content (AvgIpc) is 2.52. The number of hydrogen-bond donors (Lipinski definition) is 0. The van der Waals surface area contributed by atoms with E-state index in [0.29, 0.717) is 0 Å². The molecule has 0 aliphatic carbocycles. The maximum Gasteiger partial charge on any atom is 0.598 e. The molecule has 21 heavy (non-hydrogen) atoms. The highest BCUT2D eigenvalue weighted by atomic mass is 28.4. The SMILES string of the molecule is CCCCCCCCCCN(CCC)[Si](OC)(OC)OC. The molecule has 0 aliphatic rings. The monoisotopic (exact) mass is 319 g/mol. The Bertz CT molecular complexity index is 217. The molecule has 0 atom stereocenters. The number of nitrogens with zero attached hydrogens (tertiary/aromatic N) is 1. The predicted molar refractivity (Wildman–Crippen MR) is 91.3 cm³/mol. The van der Waals surface area contributed by atoms with Crippen LogP contribution in [-0.4, -0.2) is 48.0 Å². The second-order valence-corrected chi connectivity index (χ2v) is 8.50. The van der Waals surface area contributed by atoms with Crippen LogP contribution in [0.2, 0.25) is 0 Å². The van der Waals surface area contributed by atoms with Crippen LogP contribution in [0.5, 0.6) is 0 Å². The molecule has 0 aromatic carbocycles. The van der Waals surface area contributed by atoms with E-state index >= 15 is 0 Å². The highest BCUT2D eigenvalue weighted by Crippen LogP contribution is 2.16. The maximum absolute atomic E-state index is 5.59. The van der Waals surface area contributed by atoms with Gasteiger partial charge in [0, 0.05) is 21.3 Å². The van der Waals surface area contributed by atoms with E-state index in [9.17, 15) is 0 Å². The summed E-state index contributed by atoms with van der Waals surface area (Å²) in [5.41, 5.74) is 0. The molecule has 0 fully saturated rings. The Morgan fingerprint density at radius 3 is 1.52 bits per heavy atom. The molecule has 0 spiro atoms. The van der Waals surface area contributed by atoms with Crippen molar-refractivity contribution in [1.29, 1.82) is 0 Å². The minimum Gasteiger partial charge on any atom is -0.364 e. The minimum atomic E-state index is -2.62. The van der Waals surface area contributed by atoms with Gasteiger partial charge < -0.3 is 13.3 Å². The van der Waals surface area contributed by atoms with Gasteiger partial charge in [0.05, 0.1) is 0 Å². The van der Waals surface area contributed by atoms with Crippen molar-refractivity contribution in [2.24, 2.45) is 0 Å². The van der Waals surface area contributed by atoms with Gasteiger partial charge in [-0.15, -0.1) is 0 Å². The number of rotatable bonds is 15. The summed E-state index contributed by atoms with van der Waals surface area (Å²) in [6.45, 7) is 6.42. The van der Waals surface area contributed by atoms with Gasteiger partial charge >= 0.3 is 8.97 Å². The highest BCUT2D eigenvalue weighted by molar-refractivity contribution is 6.57. The van der Waals surface area contributed by atoms with E-state index in [0.717, 1.165) is 19.5 Å². The Balaban J connectivity index is 3.99. The smallest absolute Gasteiger partial charge is 0.364 e. The summed E-state index contributed by atoms with van der Waals surface area (Å²) in [6, 6.07) is 0.